The minimum absolute atomic E-state index is 0.00373. The molecule has 1 aromatic heterocycles. The van der Waals surface area contributed by atoms with Gasteiger partial charge in [0.1, 0.15) is 5.56 Å². The van der Waals surface area contributed by atoms with E-state index in [1.54, 1.807) is 10.9 Å². The van der Waals surface area contributed by atoms with Crippen molar-refractivity contribution in [2.24, 2.45) is 11.7 Å². The molecule has 3 rings (SSSR count). The van der Waals surface area contributed by atoms with Crippen molar-refractivity contribution in [3.63, 3.8) is 0 Å². The molecule has 0 saturated heterocycles. The van der Waals surface area contributed by atoms with Gasteiger partial charge >= 0.3 is 0 Å². The standard InChI is InChI=1S/C19H28N6O2/c1-2-11-22-14-5-7-19(8-6-14,9-10-20)25-12-15(16(21)26)17(24-25)23-18(27)13-3-4-13/h12-14,22H,2-9,11H2,1H3,(H2,21,26)(H,23,24,27)/t14-,19+. The lowest BCUT2D eigenvalue weighted by Crippen LogP contribution is -2.43. The minimum atomic E-state index is -0.627. The highest BCUT2D eigenvalue weighted by atomic mass is 16.2. The SMILES string of the molecule is CCCN[C@H]1CC[C@@](CC#N)(n2cc(C(N)=O)c(NC(=O)C3CC3)n2)CC1. The van der Waals surface area contributed by atoms with Crippen LogP contribution in [0, 0.1) is 17.2 Å². The minimum Gasteiger partial charge on any atom is -0.365 e. The summed E-state index contributed by atoms with van der Waals surface area (Å²) in [6, 6.07) is 2.72. The first-order valence-corrected chi connectivity index (χ1v) is 9.80. The average molecular weight is 372 g/mol. The summed E-state index contributed by atoms with van der Waals surface area (Å²) in [5, 5.41) is 20.2. The number of rotatable bonds is 8. The summed E-state index contributed by atoms with van der Waals surface area (Å²) in [4.78, 5) is 24.0. The zero-order chi connectivity index (χ0) is 19.4. The van der Waals surface area contributed by atoms with E-state index in [0.29, 0.717) is 12.5 Å². The van der Waals surface area contributed by atoms with Gasteiger partial charge in [-0.05, 0) is 51.5 Å². The molecule has 1 aromatic rings. The van der Waals surface area contributed by atoms with Crippen molar-refractivity contribution in [1.29, 1.82) is 5.26 Å². The van der Waals surface area contributed by atoms with E-state index in [2.05, 4.69) is 28.7 Å². The Labute approximate surface area is 159 Å². The number of hydrogen-bond donors (Lipinski definition) is 3. The molecule has 8 heteroatoms. The first kappa shape index (κ1) is 19.4. The Hall–Kier alpha value is -2.40. The largest absolute Gasteiger partial charge is 0.365 e. The summed E-state index contributed by atoms with van der Waals surface area (Å²) in [5.41, 5.74) is 5.24. The highest BCUT2D eigenvalue weighted by Gasteiger charge is 2.39. The number of hydrogen-bond acceptors (Lipinski definition) is 5. The van der Waals surface area contributed by atoms with E-state index in [1.807, 2.05) is 0 Å². The summed E-state index contributed by atoms with van der Waals surface area (Å²) in [5.74, 6) is -0.533. The molecule has 0 unspecified atom stereocenters. The van der Waals surface area contributed by atoms with Crippen LogP contribution in [0.15, 0.2) is 6.20 Å². The molecule has 2 aliphatic rings. The van der Waals surface area contributed by atoms with Gasteiger partial charge in [0.15, 0.2) is 5.82 Å². The van der Waals surface area contributed by atoms with Gasteiger partial charge in [-0.1, -0.05) is 6.92 Å². The molecule has 0 bridgehead atoms. The van der Waals surface area contributed by atoms with Crippen LogP contribution >= 0.6 is 0 Å². The smallest absolute Gasteiger partial charge is 0.254 e. The molecule has 4 N–H and O–H groups in total. The monoisotopic (exact) mass is 372 g/mol. The number of carbonyl (C=O) groups is 2. The molecule has 0 spiro atoms. The molecule has 146 valence electrons. The Balaban J connectivity index is 1.82. The number of nitrogens with zero attached hydrogens (tertiary/aromatic N) is 3. The Morgan fingerprint density at radius 1 is 1.37 bits per heavy atom. The second-order valence-electron chi connectivity index (χ2n) is 7.75. The lowest BCUT2D eigenvalue weighted by atomic mass is 9.77. The van der Waals surface area contributed by atoms with E-state index in [4.69, 9.17) is 5.73 Å². The van der Waals surface area contributed by atoms with Crippen LogP contribution < -0.4 is 16.4 Å². The third-order valence-corrected chi connectivity index (χ3v) is 5.66. The molecule has 2 amide bonds. The normalized spacial score (nSPS) is 25.0. The van der Waals surface area contributed by atoms with Crippen LogP contribution in [-0.2, 0) is 10.3 Å². The van der Waals surface area contributed by atoms with Gasteiger partial charge in [0.05, 0.1) is 18.0 Å². The highest BCUT2D eigenvalue weighted by Crippen LogP contribution is 2.38. The zero-order valence-corrected chi connectivity index (χ0v) is 15.8. The van der Waals surface area contributed by atoms with E-state index in [9.17, 15) is 14.9 Å². The van der Waals surface area contributed by atoms with Crippen LogP contribution in [0.4, 0.5) is 5.82 Å². The summed E-state index contributed by atoms with van der Waals surface area (Å²) in [6.07, 6.45) is 8.19. The third-order valence-electron chi connectivity index (χ3n) is 5.66. The lowest BCUT2D eigenvalue weighted by Gasteiger charge is -2.39. The fourth-order valence-corrected chi connectivity index (χ4v) is 3.80. The summed E-state index contributed by atoms with van der Waals surface area (Å²) >= 11 is 0. The van der Waals surface area contributed by atoms with Crippen molar-refractivity contribution >= 4 is 17.6 Å². The summed E-state index contributed by atoms with van der Waals surface area (Å²) < 4.78 is 1.70. The second kappa shape index (κ2) is 8.09. The van der Waals surface area contributed by atoms with Crippen molar-refractivity contribution in [2.75, 3.05) is 11.9 Å². The maximum Gasteiger partial charge on any atom is 0.254 e. The fraction of sp³-hybridized carbons (Fsp3) is 0.684. The number of nitrogens with two attached hydrogens (primary N) is 1. The van der Waals surface area contributed by atoms with Crippen molar-refractivity contribution in [3.8, 4) is 6.07 Å². The van der Waals surface area contributed by atoms with Crippen molar-refractivity contribution in [1.82, 2.24) is 15.1 Å². The van der Waals surface area contributed by atoms with E-state index < -0.39 is 11.4 Å². The van der Waals surface area contributed by atoms with Crippen LogP contribution in [0.1, 0.15) is 68.6 Å². The molecular weight excluding hydrogens is 344 g/mol. The molecule has 2 saturated carbocycles. The molecule has 8 nitrogen and oxygen atoms in total. The Bertz CT molecular complexity index is 738. The van der Waals surface area contributed by atoms with Gasteiger partial charge in [0, 0.05) is 18.2 Å². The molecule has 2 aliphatic carbocycles. The first-order chi connectivity index (χ1) is 13.0. The second-order valence-corrected chi connectivity index (χ2v) is 7.75. The lowest BCUT2D eigenvalue weighted by molar-refractivity contribution is -0.117. The fourth-order valence-electron chi connectivity index (χ4n) is 3.80. The van der Waals surface area contributed by atoms with Gasteiger partial charge < -0.3 is 16.4 Å². The Morgan fingerprint density at radius 2 is 2.07 bits per heavy atom. The highest BCUT2D eigenvalue weighted by molar-refractivity contribution is 6.02. The van der Waals surface area contributed by atoms with Crippen LogP contribution in [-0.4, -0.2) is 34.2 Å². The molecule has 0 aliphatic heterocycles. The van der Waals surface area contributed by atoms with Crippen LogP contribution in [0.3, 0.4) is 0 Å². The quantitative estimate of drug-likeness (QED) is 0.642. The first-order valence-electron chi connectivity index (χ1n) is 9.80. The van der Waals surface area contributed by atoms with Gasteiger partial charge in [-0.25, -0.2) is 0 Å². The number of amides is 2. The molecular formula is C19H28N6O2. The summed E-state index contributed by atoms with van der Waals surface area (Å²) in [6.45, 7) is 3.13. The van der Waals surface area contributed by atoms with Crippen molar-refractivity contribution < 1.29 is 9.59 Å². The van der Waals surface area contributed by atoms with E-state index in [0.717, 1.165) is 51.5 Å². The number of anilines is 1. The molecule has 0 aromatic carbocycles. The summed E-state index contributed by atoms with van der Waals surface area (Å²) in [7, 11) is 0. The maximum absolute atomic E-state index is 12.1. The number of nitrogens with one attached hydrogen (secondary N) is 2. The van der Waals surface area contributed by atoms with E-state index in [1.165, 1.54) is 0 Å². The third kappa shape index (κ3) is 4.30. The van der Waals surface area contributed by atoms with Gasteiger partial charge in [0.2, 0.25) is 5.91 Å². The number of aromatic nitrogens is 2. The topological polar surface area (TPSA) is 126 Å². The van der Waals surface area contributed by atoms with Gasteiger partial charge in [0.25, 0.3) is 5.91 Å². The Morgan fingerprint density at radius 3 is 2.63 bits per heavy atom. The number of carbonyl (C=O) groups excluding carboxylic acids is 2. The van der Waals surface area contributed by atoms with E-state index in [-0.39, 0.29) is 23.2 Å². The predicted molar refractivity (Wildman–Crippen MR) is 101 cm³/mol. The zero-order valence-electron chi connectivity index (χ0n) is 15.8. The molecule has 2 fully saturated rings. The Kier molecular flexibility index (Phi) is 5.80. The van der Waals surface area contributed by atoms with Gasteiger partial charge in [-0.15, -0.1) is 0 Å². The van der Waals surface area contributed by atoms with Crippen molar-refractivity contribution in [2.45, 2.75) is 69.9 Å². The molecule has 0 radical (unpaired) electrons. The van der Waals surface area contributed by atoms with Crippen LogP contribution in [0.2, 0.25) is 0 Å². The van der Waals surface area contributed by atoms with E-state index >= 15 is 0 Å². The van der Waals surface area contributed by atoms with Gasteiger partial charge in [-0.3, -0.25) is 14.3 Å². The number of nitriles is 1. The van der Waals surface area contributed by atoms with Gasteiger partial charge in [-0.2, -0.15) is 10.4 Å². The number of primary amides is 1. The van der Waals surface area contributed by atoms with Crippen molar-refractivity contribution in [3.05, 3.63) is 11.8 Å². The average Bonchev–Trinajstić information content (AvgIpc) is 3.42. The predicted octanol–water partition coefficient (Wildman–Crippen LogP) is 1.88. The molecule has 1 heterocycles. The molecule has 27 heavy (non-hydrogen) atoms. The molecule has 0 atom stereocenters. The van der Waals surface area contributed by atoms with Crippen LogP contribution in [0.5, 0.6) is 0 Å². The maximum atomic E-state index is 12.1. The van der Waals surface area contributed by atoms with Crippen LogP contribution in [0.25, 0.3) is 0 Å².